The first-order valence-electron chi connectivity index (χ1n) is 3.53. The fourth-order valence-corrected chi connectivity index (χ4v) is 0.814. The zero-order chi connectivity index (χ0) is 8.27. The summed E-state index contributed by atoms with van der Waals surface area (Å²) < 4.78 is 1.63. The molecule has 0 saturated carbocycles. The maximum atomic E-state index is 10.6. The van der Waals surface area contributed by atoms with Crippen LogP contribution in [-0.2, 0) is 18.3 Å². The van der Waals surface area contributed by atoms with Gasteiger partial charge in [0, 0.05) is 19.7 Å². The lowest BCUT2D eigenvalue weighted by Gasteiger charge is -1.88. The maximum absolute atomic E-state index is 10.6. The maximum Gasteiger partial charge on any atom is 0.130 e. The van der Waals surface area contributed by atoms with Gasteiger partial charge in [0.2, 0.25) is 0 Å². The molecule has 0 unspecified atom stereocenters. The van der Waals surface area contributed by atoms with Gasteiger partial charge in [0.15, 0.2) is 0 Å². The van der Waals surface area contributed by atoms with Crippen molar-refractivity contribution in [3.8, 4) is 0 Å². The van der Waals surface area contributed by atoms with Crippen molar-refractivity contribution in [2.45, 2.75) is 19.8 Å². The van der Waals surface area contributed by atoms with Gasteiger partial charge in [-0.05, 0) is 13.3 Å². The third-order valence-corrected chi connectivity index (χ3v) is 1.38. The highest BCUT2D eigenvalue weighted by Gasteiger charge is 1.99. The molecule has 0 atom stereocenters. The van der Waals surface area contributed by atoms with Crippen LogP contribution in [0.5, 0.6) is 0 Å². The molecule has 1 aromatic rings. The first kappa shape index (κ1) is 7.91. The van der Waals surface area contributed by atoms with Gasteiger partial charge in [-0.2, -0.15) is 0 Å². The summed E-state index contributed by atoms with van der Waals surface area (Å²) in [5.41, 5.74) is 0.878. The Hall–Kier alpha value is -1.19. The van der Waals surface area contributed by atoms with Crippen molar-refractivity contribution in [3.63, 3.8) is 0 Å². The summed E-state index contributed by atoms with van der Waals surface area (Å²) in [5.74, 6) is 0.190. The quantitative estimate of drug-likeness (QED) is 0.629. The fourth-order valence-electron chi connectivity index (χ4n) is 0.814. The molecular formula is C7H11N3O. The number of rotatable bonds is 3. The number of aryl methyl sites for hydroxylation is 2. The Bertz CT molecular complexity index is 254. The van der Waals surface area contributed by atoms with Crippen LogP contribution in [0.15, 0.2) is 6.20 Å². The second kappa shape index (κ2) is 3.27. The van der Waals surface area contributed by atoms with Crippen molar-refractivity contribution < 1.29 is 4.79 Å². The van der Waals surface area contributed by atoms with Crippen LogP contribution in [-0.4, -0.2) is 20.8 Å². The SMILES string of the molecule is CC(=O)CCc1cn(C)nn1. The molecule has 0 aliphatic rings. The Kier molecular flexibility index (Phi) is 2.36. The molecule has 0 aliphatic carbocycles. The normalized spacial score (nSPS) is 10.0. The van der Waals surface area contributed by atoms with Crippen LogP contribution >= 0.6 is 0 Å². The number of carbonyl (C=O) groups excluding carboxylic acids is 1. The summed E-state index contributed by atoms with van der Waals surface area (Å²) in [5, 5.41) is 7.60. The highest BCUT2D eigenvalue weighted by Crippen LogP contribution is 1.96. The molecule has 0 fully saturated rings. The first-order valence-corrected chi connectivity index (χ1v) is 3.53. The van der Waals surface area contributed by atoms with E-state index in [9.17, 15) is 4.79 Å². The van der Waals surface area contributed by atoms with Gasteiger partial charge >= 0.3 is 0 Å². The van der Waals surface area contributed by atoms with Gasteiger partial charge in [0.1, 0.15) is 5.78 Å². The minimum Gasteiger partial charge on any atom is -0.300 e. The van der Waals surface area contributed by atoms with E-state index in [-0.39, 0.29) is 5.78 Å². The molecule has 0 spiro atoms. The number of hydrogen-bond donors (Lipinski definition) is 0. The average Bonchev–Trinajstić information content (AvgIpc) is 2.31. The van der Waals surface area contributed by atoms with Gasteiger partial charge < -0.3 is 4.79 Å². The van der Waals surface area contributed by atoms with Crippen LogP contribution in [0.2, 0.25) is 0 Å². The lowest BCUT2D eigenvalue weighted by molar-refractivity contribution is -0.116. The van der Waals surface area contributed by atoms with Gasteiger partial charge in [-0.1, -0.05) is 5.21 Å². The topological polar surface area (TPSA) is 47.8 Å². The van der Waals surface area contributed by atoms with Crippen molar-refractivity contribution in [1.29, 1.82) is 0 Å². The Morgan fingerprint density at radius 3 is 2.91 bits per heavy atom. The van der Waals surface area contributed by atoms with Gasteiger partial charge in [0.25, 0.3) is 0 Å². The van der Waals surface area contributed by atoms with E-state index in [4.69, 9.17) is 0 Å². The summed E-state index contributed by atoms with van der Waals surface area (Å²) in [4.78, 5) is 10.6. The van der Waals surface area contributed by atoms with Crippen LogP contribution in [0.1, 0.15) is 19.0 Å². The molecule has 60 valence electrons. The molecule has 0 saturated heterocycles. The summed E-state index contributed by atoms with van der Waals surface area (Å²) in [7, 11) is 1.81. The van der Waals surface area contributed by atoms with Crippen molar-refractivity contribution in [2.75, 3.05) is 0 Å². The van der Waals surface area contributed by atoms with Crippen LogP contribution in [0.3, 0.4) is 0 Å². The summed E-state index contributed by atoms with van der Waals surface area (Å²) in [6.07, 6.45) is 3.07. The molecule has 1 aromatic heterocycles. The largest absolute Gasteiger partial charge is 0.300 e. The van der Waals surface area contributed by atoms with Crippen molar-refractivity contribution in [3.05, 3.63) is 11.9 Å². The first-order chi connectivity index (χ1) is 5.18. The molecule has 0 aromatic carbocycles. The summed E-state index contributed by atoms with van der Waals surface area (Å²) in [6.45, 7) is 1.58. The van der Waals surface area contributed by atoms with Crippen LogP contribution < -0.4 is 0 Å². The van der Waals surface area contributed by atoms with Gasteiger partial charge in [-0.15, -0.1) is 5.10 Å². The second-order valence-electron chi connectivity index (χ2n) is 2.59. The number of ketones is 1. The third-order valence-electron chi connectivity index (χ3n) is 1.38. The van der Waals surface area contributed by atoms with Crippen molar-refractivity contribution in [2.24, 2.45) is 7.05 Å². The number of Topliss-reactive ketones (excluding diaryl/α,β-unsaturated/α-hetero) is 1. The summed E-state index contributed by atoms with van der Waals surface area (Å²) >= 11 is 0. The smallest absolute Gasteiger partial charge is 0.130 e. The van der Waals surface area contributed by atoms with Gasteiger partial charge in [0.05, 0.1) is 5.69 Å². The van der Waals surface area contributed by atoms with Crippen LogP contribution in [0.4, 0.5) is 0 Å². The third kappa shape index (κ3) is 2.49. The molecule has 1 heterocycles. The minimum atomic E-state index is 0.190. The Labute approximate surface area is 65.2 Å². The second-order valence-corrected chi connectivity index (χ2v) is 2.59. The van der Waals surface area contributed by atoms with Crippen LogP contribution in [0, 0.1) is 0 Å². The standard InChI is InChI=1S/C7H11N3O/c1-6(11)3-4-7-5-10(2)9-8-7/h5H,3-4H2,1-2H3. The molecule has 4 nitrogen and oxygen atoms in total. The summed E-state index contributed by atoms with van der Waals surface area (Å²) in [6, 6.07) is 0. The van der Waals surface area contributed by atoms with Gasteiger partial charge in [-0.3, -0.25) is 4.68 Å². The number of aromatic nitrogens is 3. The van der Waals surface area contributed by atoms with E-state index in [1.807, 2.05) is 13.2 Å². The Balaban J connectivity index is 2.45. The molecule has 0 aliphatic heterocycles. The number of nitrogens with zero attached hydrogens (tertiary/aromatic N) is 3. The highest BCUT2D eigenvalue weighted by atomic mass is 16.1. The van der Waals surface area contributed by atoms with Crippen molar-refractivity contribution >= 4 is 5.78 Å². The lowest BCUT2D eigenvalue weighted by Crippen LogP contribution is -1.93. The minimum absolute atomic E-state index is 0.190. The average molecular weight is 153 g/mol. The van der Waals surface area contributed by atoms with E-state index >= 15 is 0 Å². The zero-order valence-corrected chi connectivity index (χ0v) is 6.74. The fraction of sp³-hybridized carbons (Fsp3) is 0.571. The molecule has 0 amide bonds. The zero-order valence-electron chi connectivity index (χ0n) is 6.74. The van der Waals surface area contributed by atoms with E-state index in [0.29, 0.717) is 12.8 Å². The molecule has 11 heavy (non-hydrogen) atoms. The Morgan fingerprint density at radius 1 is 1.73 bits per heavy atom. The number of carbonyl (C=O) groups is 1. The molecule has 1 rings (SSSR count). The molecule has 0 N–H and O–H groups in total. The van der Waals surface area contributed by atoms with E-state index in [1.165, 1.54) is 0 Å². The highest BCUT2D eigenvalue weighted by molar-refractivity contribution is 5.75. The van der Waals surface area contributed by atoms with Crippen LogP contribution in [0.25, 0.3) is 0 Å². The van der Waals surface area contributed by atoms with E-state index in [2.05, 4.69) is 10.3 Å². The molecule has 4 heteroatoms. The number of hydrogen-bond acceptors (Lipinski definition) is 3. The van der Waals surface area contributed by atoms with Gasteiger partial charge in [-0.25, -0.2) is 0 Å². The predicted octanol–water partition coefficient (Wildman–Crippen LogP) is 0.337. The lowest BCUT2D eigenvalue weighted by atomic mass is 10.2. The molecule has 0 radical (unpaired) electrons. The predicted molar refractivity (Wildman–Crippen MR) is 40.0 cm³/mol. The molecular weight excluding hydrogens is 142 g/mol. The Morgan fingerprint density at radius 2 is 2.45 bits per heavy atom. The molecule has 0 bridgehead atoms. The monoisotopic (exact) mass is 153 g/mol. The van der Waals surface area contributed by atoms with E-state index in [0.717, 1.165) is 5.69 Å². The van der Waals surface area contributed by atoms with Crippen molar-refractivity contribution in [1.82, 2.24) is 15.0 Å². The van der Waals surface area contributed by atoms with E-state index < -0.39 is 0 Å². The van der Waals surface area contributed by atoms with E-state index in [1.54, 1.807) is 11.6 Å².